The fraction of sp³-hybridized carbons (Fsp3) is 0.692. The third kappa shape index (κ3) is 3.57. The van der Waals surface area contributed by atoms with Gasteiger partial charge < -0.3 is 9.42 Å². The normalized spacial score (nSPS) is 12.8. The summed E-state index contributed by atoms with van der Waals surface area (Å²) in [7, 11) is 3.77. The van der Waals surface area contributed by atoms with Crippen molar-refractivity contribution in [3.8, 4) is 0 Å². The number of rotatable bonds is 6. The van der Waals surface area contributed by atoms with Crippen molar-refractivity contribution in [2.24, 2.45) is 0 Å². The molecule has 5 nitrogen and oxygen atoms in total. The molecule has 1 aromatic heterocycles. The van der Waals surface area contributed by atoms with Crippen LogP contribution in [0.15, 0.2) is 10.6 Å². The Morgan fingerprint density at radius 2 is 2.11 bits per heavy atom. The second-order valence-electron chi connectivity index (χ2n) is 4.63. The van der Waals surface area contributed by atoms with Crippen LogP contribution in [0.25, 0.3) is 0 Å². The van der Waals surface area contributed by atoms with E-state index >= 15 is 0 Å². The van der Waals surface area contributed by atoms with Crippen molar-refractivity contribution in [1.82, 2.24) is 15.0 Å². The van der Waals surface area contributed by atoms with E-state index in [0.717, 1.165) is 24.4 Å². The van der Waals surface area contributed by atoms with Crippen LogP contribution in [0.2, 0.25) is 0 Å². The van der Waals surface area contributed by atoms with Crippen LogP contribution in [0, 0.1) is 6.92 Å². The zero-order valence-corrected chi connectivity index (χ0v) is 11.9. The summed E-state index contributed by atoms with van der Waals surface area (Å²) < 4.78 is 5.13. The predicted octanol–water partition coefficient (Wildman–Crippen LogP) is 1.67. The molecule has 1 unspecified atom stereocenters. The molecule has 0 aliphatic heterocycles. The Labute approximate surface area is 109 Å². The van der Waals surface area contributed by atoms with Crippen LogP contribution in [-0.2, 0) is 11.3 Å². The lowest BCUT2D eigenvalue weighted by Crippen LogP contribution is -2.45. The number of carbonyl (C=O) groups is 1. The number of amides is 1. The molecule has 1 atom stereocenters. The molecule has 102 valence electrons. The fourth-order valence-corrected chi connectivity index (χ4v) is 1.95. The van der Waals surface area contributed by atoms with Gasteiger partial charge >= 0.3 is 0 Å². The van der Waals surface area contributed by atoms with Gasteiger partial charge in [0.05, 0.1) is 18.3 Å². The van der Waals surface area contributed by atoms with Gasteiger partial charge in [-0.25, -0.2) is 0 Å². The van der Waals surface area contributed by atoms with E-state index < -0.39 is 0 Å². The van der Waals surface area contributed by atoms with Crippen molar-refractivity contribution in [2.75, 3.05) is 20.6 Å². The molecule has 1 heterocycles. The van der Waals surface area contributed by atoms with Gasteiger partial charge in [0.25, 0.3) is 0 Å². The second kappa shape index (κ2) is 6.54. The maximum Gasteiger partial charge on any atom is 0.240 e. The zero-order valence-electron chi connectivity index (χ0n) is 11.9. The summed E-state index contributed by atoms with van der Waals surface area (Å²) in [6.07, 6.45) is 0.808. The first kappa shape index (κ1) is 14.7. The first-order valence-electron chi connectivity index (χ1n) is 6.37. The average Bonchev–Trinajstić information content (AvgIpc) is 2.75. The van der Waals surface area contributed by atoms with E-state index in [1.165, 1.54) is 0 Å². The summed E-state index contributed by atoms with van der Waals surface area (Å²) >= 11 is 0. The van der Waals surface area contributed by atoms with Crippen LogP contribution < -0.4 is 0 Å². The van der Waals surface area contributed by atoms with E-state index in [-0.39, 0.29) is 11.9 Å². The SMILES string of the molecule is CCC(C(=O)N(C)Cc1cc(C)no1)N(C)CC. The maximum absolute atomic E-state index is 12.3. The standard InChI is InChI=1S/C13H23N3O2/c1-6-12(15(4)7-2)13(17)16(5)9-11-8-10(3)14-18-11/h8,12H,6-7,9H2,1-5H3. The Balaban J connectivity index is 2.64. The largest absolute Gasteiger partial charge is 0.359 e. The van der Waals surface area contributed by atoms with Gasteiger partial charge in [0.1, 0.15) is 0 Å². The number of nitrogens with zero attached hydrogens (tertiary/aromatic N) is 3. The van der Waals surface area contributed by atoms with Gasteiger partial charge in [-0.15, -0.1) is 0 Å². The highest BCUT2D eigenvalue weighted by Crippen LogP contribution is 2.10. The third-order valence-corrected chi connectivity index (χ3v) is 3.15. The molecule has 0 bridgehead atoms. The molecule has 5 heteroatoms. The van der Waals surface area contributed by atoms with Crippen molar-refractivity contribution in [3.63, 3.8) is 0 Å². The zero-order chi connectivity index (χ0) is 13.7. The molecule has 0 radical (unpaired) electrons. The average molecular weight is 253 g/mol. The molecule has 1 amide bonds. The first-order chi connectivity index (χ1) is 8.49. The van der Waals surface area contributed by atoms with Crippen molar-refractivity contribution in [1.29, 1.82) is 0 Å². The van der Waals surface area contributed by atoms with Crippen LogP contribution in [0.1, 0.15) is 31.7 Å². The van der Waals surface area contributed by atoms with Gasteiger partial charge in [0, 0.05) is 13.1 Å². The highest BCUT2D eigenvalue weighted by atomic mass is 16.5. The van der Waals surface area contributed by atoms with Gasteiger partial charge in [-0.2, -0.15) is 0 Å². The van der Waals surface area contributed by atoms with E-state index in [9.17, 15) is 4.79 Å². The third-order valence-electron chi connectivity index (χ3n) is 3.15. The predicted molar refractivity (Wildman–Crippen MR) is 70.1 cm³/mol. The lowest BCUT2D eigenvalue weighted by molar-refractivity contribution is -0.136. The highest BCUT2D eigenvalue weighted by Gasteiger charge is 2.24. The molecule has 0 saturated heterocycles. The minimum Gasteiger partial charge on any atom is -0.359 e. The summed E-state index contributed by atoms with van der Waals surface area (Å²) in [5.74, 6) is 0.841. The van der Waals surface area contributed by atoms with Crippen molar-refractivity contribution < 1.29 is 9.32 Å². The van der Waals surface area contributed by atoms with Crippen molar-refractivity contribution in [3.05, 3.63) is 17.5 Å². The minimum absolute atomic E-state index is 0.0657. The Bertz CT molecular complexity index is 389. The van der Waals surface area contributed by atoms with Gasteiger partial charge in [0.15, 0.2) is 5.76 Å². The number of hydrogen-bond acceptors (Lipinski definition) is 4. The molecule has 0 fully saturated rings. The Kier molecular flexibility index (Phi) is 5.34. The Morgan fingerprint density at radius 3 is 2.56 bits per heavy atom. The molecule has 18 heavy (non-hydrogen) atoms. The van der Waals surface area contributed by atoms with Gasteiger partial charge in [-0.1, -0.05) is 19.0 Å². The van der Waals surface area contributed by atoms with Crippen LogP contribution in [0.5, 0.6) is 0 Å². The molecular formula is C13H23N3O2. The van der Waals surface area contributed by atoms with E-state index in [4.69, 9.17) is 4.52 Å². The summed E-state index contributed by atoms with van der Waals surface area (Å²) in [6.45, 7) is 7.28. The second-order valence-corrected chi connectivity index (χ2v) is 4.63. The van der Waals surface area contributed by atoms with E-state index in [1.54, 1.807) is 11.9 Å². The van der Waals surface area contributed by atoms with Crippen molar-refractivity contribution in [2.45, 2.75) is 39.8 Å². The van der Waals surface area contributed by atoms with Crippen LogP contribution in [0.4, 0.5) is 0 Å². The quantitative estimate of drug-likeness (QED) is 0.774. The number of carbonyl (C=O) groups excluding carboxylic acids is 1. The maximum atomic E-state index is 12.3. The van der Waals surface area contributed by atoms with Gasteiger partial charge in [-0.05, 0) is 26.9 Å². The number of likely N-dealkylation sites (N-methyl/N-ethyl adjacent to an activating group) is 2. The Hall–Kier alpha value is -1.36. The van der Waals surface area contributed by atoms with E-state index in [0.29, 0.717) is 6.54 Å². The smallest absolute Gasteiger partial charge is 0.240 e. The van der Waals surface area contributed by atoms with Gasteiger partial charge in [0.2, 0.25) is 5.91 Å². The molecule has 1 rings (SSSR count). The topological polar surface area (TPSA) is 49.6 Å². The summed E-state index contributed by atoms with van der Waals surface area (Å²) in [5.41, 5.74) is 0.837. The van der Waals surface area contributed by atoms with E-state index in [2.05, 4.69) is 17.0 Å². The lowest BCUT2D eigenvalue weighted by atomic mass is 10.1. The molecule has 0 spiro atoms. The molecular weight excluding hydrogens is 230 g/mol. The summed E-state index contributed by atoms with van der Waals surface area (Å²) in [5, 5.41) is 3.82. The molecule has 1 aromatic rings. The number of hydrogen-bond donors (Lipinski definition) is 0. The summed E-state index contributed by atoms with van der Waals surface area (Å²) in [6, 6.07) is 1.79. The first-order valence-corrected chi connectivity index (χ1v) is 6.37. The highest BCUT2D eigenvalue weighted by molar-refractivity contribution is 5.81. The lowest BCUT2D eigenvalue weighted by Gasteiger charge is -2.28. The van der Waals surface area contributed by atoms with Gasteiger partial charge in [-0.3, -0.25) is 9.69 Å². The molecule has 0 N–H and O–H groups in total. The number of aromatic nitrogens is 1. The monoisotopic (exact) mass is 253 g/mol. The Morgan fingerprint density at radius 1 is 1.44 bits per heavy atom. The molecule has 0 aliphatic carbocycles. The minimum atomic E-state index is -0.0657. The fourth-order valence-electron chi connectivity index (χ4n) is 1.95. The summed E-state index contributed by atoms with van der Waals surface area (Å²) in [4.78, 5) is 16.1. The number of aryl methyl sites for hydroxylation is 1. The van der Waals surface area contributed by atoms with Crippen molar-refractivity contribution >= 4 is 5.91 Å². The molecule has 0 aliphatic rings. The van der Waals surface area contributed by atoms with E-state index in [1.807, 2.05) is 27.0 Å². The van der Waals surface area contributed by atoms with Crippen LogP contribution >= 0.6 is 0 Å². The van der Waals surface area contributed by atoms with Crippen LogP contribution in [-0.4, -0.2) is 47.5 Å². The molecule has 0 aromatic carbocycles. The van der Waals surface area contributed by atoms with Crippen LogP contribution in [0.3, 0.4) is 0 Å². The molecule has 0 saturated carbocycles.